The third-order valence-electron chi connectivity index (χ3n) is 4.11. The second-order valence-electron chi connectivity index (χ2n) is 5.91. The van der Waals surface area contributed by atoms with Crippen LogP contribution in [0.5, 0.6) is 17.2 Å². The molecule has 2 N–H and O–H groups in total. The molecule has 2 heterocycles. The SMILES string of the molecule is COc1ccccc1CNc1ccnc(Nc2ccc3c(c2)OCCO3)n1. The molecule has 0 spiro atoms. The van der Waals surface area contributed by atoms with Gasteiger partial charge in [-0.2, -0.15) is 4.98 Å². The number of hydrogen-bond acceptors (Lipinski definition) is 7. The first-order chi connectivity index (χ1) is 13.3. The van der Waals surface area contributed by atoms with Gasteiger partial charge in [0.2, 0.25) is 5.95 Å². The van der Waals surface area contributed by atoms with Crippen molar-refractivity contribution in [3.63, 3.8) is 0 Å². The van der Waals surface area contributed by atoms with Gasteiger partial charge >= 0.3 is 0 Å². The summed E-state index contributed by atoms with van der Waals surface area (Å²) in [5, 5.41) is 6.49. The minimum Gasteiger partial charge on any atom is -0.496 e. The molecule has 1 aliphatic heterocycles. The molecule has 2 aromatic carbocycles. The van der Waals surface area contributed by atoms with E-state index in [0.717, 1.165) is 34.3 Å². The Morgan fingerprint density at radius 3 is 2.78 bits per heavy atom. The van der Waals surface area contributed by atoms with Crippen molar-refractivity contribution in [2.45, 2.75) is 6.54 Å². The zero-order valence-electron chi connectivity index (χ0n) is 14.9. The standard InChI is InChI=1S/C20H20N4O3/c1-25-16-5-3-2-4-14(16)13-22-19-8-9-21-20(24-19)23-15-6-7-17-18(12-15)27-11-10-26-17/h2-9,12H,10-11,13H2,1H3,(H2,21,22,23,24). The lowest BCUT2D eigenvalue weighted by molar-refractivity contribution is 0.171. The summed E-state index contributed by atoms with van der Waals surface area (Å²) in [6.07, 6.45) is 1.71. The molecule has 0 fully saturated rings. The average molecular weight is 364 g/mol. The van der Waals surface area contributed by atoms with E-state index in [1.54, 1.807) is 13.3 Å². The van der Waals surface area contributed by atoms with Gasteiger partial charge in [0.15, 0.2) is 11.5 Å². The van der Waals surface area contributed by atoms with Crippen molar-refractivity contribution in [1.29, 1.82) is 0 Å². The van der Waals surface area contributed by atoms with Crippen molar-refractivity contribution in [1.82, 2.24) is 9.97 Å². The largest absolute Gasteiger partial charge is 0.496 e. The van der Waals surface area contributed by atoms with Crippen molar-refractivity contribution >= 4 is 17.5 Å². The number of anilines is 3. The van der Waals surface area contributed by atoms with Crippen molar-refractivity contribution in [3.8, 4) is 17.2 Å². The Hall–Kier alpha value is -3.48. The maximum absolute atomic E-state index is 5.60. The molecule has 3 aromatic rings. The summed E-state index contributed by atoms with van der Waals surface area (Å²) in [6, 6.07) is 15.4. The van der Waals surface area contributed by atoms with Crippen LogP contribution in [-0.2, 0) is 6.54 Å². The molecular weight excluding hydrogens is 344 g/mol. The van der Waals surface area contributed by atoms with Crippen LogP contribution in [0.3, 0.4) is 0 Å². The maximum atomic E-state index is 5.60. The third kappa shape index (κ3) is 4.03. The Morgan fingerprint density at radius 1 is 1.04 bits per heavy atom. The maximum Gasteiger partial charge on any atom is 0.229 e. The summed E-state index contributed by atoms with van der Waals surface area (Å²) < 4.78 is 16.5. The summed E-state index contributed by atoms with van der Waals surface area (Å²) in [6.45, 7) is 1.72. The molecule has 0 radical (unpaired) electrons. The highest BCUT2D eigenvalue weighted by molar-refractivity contribution is 5.60. The van der Waals surface area contributed by atoms with Gasteiger partial charge in [0, 0.05) is 30.1 Å². The average Bonchev–Trinajstić information content (AvgIpc) is 2.72. The molecule has 0 unspecified atom stereocenters. The summed E-state index contributed by atoms with van der Waals surface area (Å²) >= 11 is 0. The minimum absolute atomic E-state index is 0.497. The smallest absolute Gasteiger partial charge is 0.229 e. The van der Waals surface area contributed by atoms with Crippen LogP contribution in [-0.4, -0.2) is 30.3 Å². The number of para-hydroxylation sites is 1. The number of rotatable bonds is 6. The fourth-order valence-electron chi connectivity index (χ4n) is 2.80. The number of methoxy groups -OCH3 is 1. The van der Waals surface area contributed by atoms with Gasteiger partial charge in [0.1, 0.15) is 24.8 Å². The number of benzene rings is 2. The van der Waals surface area contributed by atoms with Gasteiger partial charge in [-0.3, -0.25) is 0 Å². The highest BCUT2D eigenvalue weighted by Gasteiger charge is 2.12. The Balaban J connectivity index is 1.45. The lowest BCUT2D eigenvalue weighted by Crippen LogP contribution is -2.15. The van der Waals surface area contributed by atoms with Gasteiger partial charge in [0.05, 0.1) is 7.11 Å². The van der Waals surface area contributed by atoms with Crippen LogP contribution < -0.4 is 24.8 Å². The molecule has 0 atom stereocenters. The Morgan fingerprint density at radius 2 is 1.89 bits per heavy atom. The molecule has 138 valence electrons. The van der Waals surface area contributed by atoms with Gasteiger partial charge in [-0.1, -0.05) is 18.2 Å². The fraction of sp³-hybridized carbons (Fsp3) is 0.200. The van der Waals surface area contributed by atoms with E-state index in [1.165, 1.54) is 0 Å². The topological polar surface area (TPSA) is 77.5 Å². The molecule has 0 saturated carbocycles. The molecule has 7 nitrogen and oxygen atoms in total. The van der Waals surface area contributed by atoms with Crippen LogP contribution >= 0.6 is 0 Å². The molecular formula is C20H20N4O3. The van der Waals surface area contributed by atoms with Crippen molar-refractivity contribution in [2.75, 3.05) is 31.0 Å². The van der Waals surface area contributed by atoms with E-state index < -0.39 is 0 Å². The van der Waals surface area contributed by atoms with E-state index >= 15 is 0 Å². The predicted molar refractivity (Wildman–Crippen MR) is 103 cm³/mol. The van der Waals surface area contributed by atoms with Crippen LogP contribution in [0.4, 0.5) is 17.5 Å². The molecule has 0 saturated heterocycles. The molecule has 0 bridgehead atoms. The van der Waals surface area contributed by atoms with Gasteiger partial charge in [-0.15, -0.1) is 0 Å². The molecule has 1 aromatic heterocycles. The molecule has 27 heavy (non-hydrogen) atoms. The molecule has 7 heteroatoms. The Labute approximate surface area is 157 Å². The third-order valence-corrected chi connectivity index (χ3v) is 4.11. The van der Waals surface area contributed by atoms with E-state index in [2.05, 4.69) is 20.6 Å². The zero-order valence-corrected chi connectivity index (χ0v) is 14.9. The van der Waals surface area contributed by atoms with Gasteiger partial charge in [-0.05, 0) is 24.3 Å². The Bertz CT molecular complexity index is 933. The number of ether oxygens (including phenoxy) is 3. The van der Waals surface area contributed by atoms with E-state index in [0.29, 0.717) is 25.7 Å². The number of aromatic nitrogens is 2. The highest BCUT2D eigenvalue weighted by Crippen LogP contribution is 2.33. The van der Waals surface area contributed by atoms with E-state index in [1.807, 2.05) is 48.5 Å². The van der Waals surface area contributed by atoms with Crippen LogP contribution in [0, 0.1) is 0 Å². The van der Waals surface area contributed by atoms with Crippen molar-refractivity contribution < 1.29 is 14.2 Å². The number of hydrogen-bond donors (Lipinski definition) is 2. The van der Waals surface area contributed by atoms with Crippen LogP contribution in [0.15, 0.2) is 54.7 Å². The zero-order chi connectivity index (χ0) is 18.5. The summed E-state index contributed by atoms with van der Waals surface area (Å²) in [7, 11) is 1.67. The molecule has 0 amide bonds. The quantitative estimate of drug-likeness (QED) is 0.692. The van der Waals surface area contributed by atoms with Gasteiger partial charge in [-0.25, -0.2) is 4.98 Å². The minimum atomic E-state index is 0.497. The summed E-state index contributed by atoms with van der Waals surface area (Å²) in [5.41, 5.74) is 1.89. The summed E-state index contributed by atoms with van der Waals surface area (Å²) in [4.78, 5) is 8.78. The molecule has 1 aliphatic rings. The fourth-order valence-corrected chi connectivity index (χ4v) is 2.80. The van der Waals surface area contributed by atoms with E-state index in [4.69, 9.17) is 14.2 Å². The number of nitrogens with zero attached hydrogens (tertiary/aromatic N) is 2. The van der Waals surface area contributed by atoms with Gasteiger partial charge in [0.25, 0.3) is 0 Å². The highest BCUT2D eigenvalue weighted by atomic mass is 16.6. The van der Waals surface area contributed by atoms with Crippen molar-refractivity contribution in [2.24, 2.45) is 0 Å². The first kappa shape index (κ1) is 17.0. The predicted octanol–water partition coefficient (Wildman–Crippen LogP) is 3.61. The first-order valence-electron chi connectivity index (χ1n) is 8.67. The normalized spacial score (nSPS) is 12.3. The lowest BCUT2D eigenvalue weighted by atomic mass is 10.2. The Kier molecular flexibility index (Phi) is 4.91. The van der Waals surface area contributed by atoms with Crippen LogP contribution in [0.25, 0.3) is 0 Å². The lowest BCUT2D eigenvalue weighted by Gasteiger charge is -2.19. The second kappa shape index (κ2) is 7.82. The van der Waals surface area contributed by atoms with Gasteiger partial charge < -0.3 is 24.8 Å². The number of fused-ring (bicyclic) bond motifs is 1. The van der Waals surface area contributed by atoms with E-state index in [-0.39, 0.29) is 0 Å². The monoisotopic (exact) mass is 364 g/mol. The number of nitrogens with one attached hydrogen (secondary N) is 2. The summed E-state index contributed by atoms with van der Waals surface area (Å²) in [5.74, 6) is 3.53. The van der Waals surface area contributed by atoms with Crippen LogP contribution in [0.1, 0.15) is 5.56 Å². The van der Waals surface area contributed by atoms with Crippen molar-refractivity contribution in [3.05, 3.63) is 60.3 Å². The molecule has 4 rings (SSSR count). The molecule has 0 aliphatic carbocycles. The second-order valence-corrected chi connectivity index (χ2v) is 5.91. The van der Waals surface area contributed by atoms with E-state index in [9.17, 15) is 0 Å². The first-order valence-corrected chi connectivity index (χ1v) is 8.67. The van der Waals surface area contributed by atoms with Crippen LogP contribution in [0.2, 0.25) is 0 Å².